The lowest BCUT2D eigenvalue weighted by Crippen LogP contribution is -2.45. The number of hydrogen-bond acceptors (Lipinski definition) is 3. The van der Waals surface area contributed by atoms with Gasteiger partial charge in [-0.05, 0) is 37.1 Å². The zero-order valence-electron chi connectivity index (χ0n) is 15.7. The molecule has 0 aromatic heterocycles. The van der Waals surface area contributed by atoms with Crippen LogP contribution in [-0.2, 0) is 6.54 Å². The number of hydrogen-bond donors (Lipinski definition) is 0. The van der Waals surface area contributed by atoms with E-state index in [0.717, 1.165) is 44.7 Å². The molecule has 25 heavy (non-hydrogen) atoms. The fourth-order valence-electron chi connectivity index (χ4n) is 3.09. The predicted octanol–water partition coefficient (Wildman–Crippen LogP) is 4.43. The number of carbonyl (C=O) groups is 1. The van der Waals surface area contributed by atoms with Gasteiger partial charge in [0, 0.05) is 44.0 Å². The quantitative estimate of drug-likeness (QED) is 0.759. The van der Waals surface area contributed by atoms with E-state index >= 15 is 0 Å². The molecule has 2 aliphatic rings. The molecule has 1 fully saturated rings. The SMILES string of the molecule is CC.CC(=O)c1cccc(CN2CCN(C3=CC=CCC=C3)CC2)c1. The Balaban J connectivity index is 0.00000109. The lowest BCUT2D eigenvalue weighted by atomic mass is 10.1. The Morgan fingerprint density at radius 2 is 1.84 bits per heavy atom. The van der Waals surface area contributed by atoms with Gasteiger partial charge in [0.2, 0.25) is 0 Å². The Labute approximate surface area is 152 Å². The van der Waals surface area contributed by atoms with Crippen molar-refractivity contribution in [2.75, 3.05) is 26.2 Å². The van der Waals surface area contributed by atoms with Gasteiger partial charge in [0.05, 0.1) is 0 Å². The smallest absolute Gasteiger partial charge is 0.159 e. The Morgan fingerprint density at radius 3 is 2.56 bits per heavy atom. The van der Waals surface area contributed by atoms with E-state index in [9.17, 15) is 4.79 Å². The number of benzene rings is 1. The summed E-state index contributed by atoms with van der Waals surface area (Å²) in [6.07, 6.45) is 12.0. The van der Waals surface area contributed by atoms with Crippen molar-refractivity contribution in [3.05, 3.63) is 71.5 Å². The van der Waals surface area contributed by atoms with Gasteiger partial charge in [-0.15, -0.1) is 0 Å². The molecule has 0 amide bonds. The molecule has 0 N–H and O–H groups in total. The summed E-state index contributed by atoms with van der Waals surface area (Å²) in [6, 6.07) is 8.01. The fraction of sp³-hybridized carbons (Fsp3) is 0.409. The first-order valence-electron chi connectivity index (χ1n) is 9.33. The molecule has 1 aromatic carbocycles. The Hall–Kier alpha value is -2.13. The number of ketones is 1. The molecule has 0 unspecified atom stereocenters. The van der Waals surface area contributed by atoms with Crippen molar-refractivity contribution in [1.29, 1.82) is 0 Å². The minimum absolute atomic E-state index is 0.136. The monoisotopic (exact) mass is 338 g/mol. The van der Waals surface area contributed by atoms with Crippen LogP contribution in [0.15, 0.2) is 60.3 Å². The molecule has 0 radical (unpaired) electrons. The maximum absolute atomic E-state index is 11.5. The first kappa shape index (κ1) is 19.2. The van der Waals surface area contributed by atoms with E-state index < -0.39 is 0 Å². The van der Waals surface area contributed by atoms with Crippen LogP contribution in [0, 0.1) is 0 Å². The summed E-state index contributed by atoms with van der Waals surface area (Å²) in [7, 11) is 0. The molecule has 0 saturated carbocycles. The first-order valence-corrected chi connectivity index (χ1v) is 9.33. The minimum atomic E-state index is 0.136. The second-order valence-corrected chi connectivity index (χ2v) is 6.18. The molecule has 3 nitrogen and oxygen atoms in total. The lowest BCUT2D eigenvalue weighted by molar-refractivity contribution is 0.101. The normalized spacial score (nSPS) is 17.4. The van der Waals surface area contributed by atoms with E-state index in [1.165, 1.54) is 11.3 Å². The topological polar surface area (TPSA) is 23.6 Å². The van der Waals surface area contributed by atoms with Gasteiger partial charge in [-0.25, -0.2) is 0 Å². The van der Waals surface area contributed by atoms with Crippen LogP contribution in [0.3, 0.4) is 0 Å². The van der Waals surface area contributed by atoms with Crippen molar-refractivity contribution in [1.82, 2.24) is 9.80 Å². The van der Waals surface area contributed by atoms with E-state index in [-0.39, 0.29) is 5.78 Å². The van der Waals surface area contributed by atoms with Gasteiger partial charge >= 0.3 is 0 Å². The number of carbonyl (C=O) groups excluding carboxylic acids is 1. The molecule has 1 saturated heterocycles. The molecular weight excluding hydrogens is 308 g/mol. The zero-order valence-corrected chi connectivity index (χ0v) is 15.7. The third-order valence-electron chi connectivity index (χ3n) is 4.44. The van der Waals surface area contributed by atoms with Crippen LogP contribution in [0.25, 0.3) is 0 Å². The lowest BCUT2D eigenvalue weighted by Gasteiger charge is -2.36. The fourth-order valence-corrected chi connectivity index (χ4v) is 3.09. The maximum atomic E-state index is 11.5. The second-order valence-electron chi connectivity index (χ2n) is 6.18. The summed E-state index contributed by atoms with van der Waals surface area (Å²) < 4.78 is 0. The number of Topliss-reactive ketones (excluding diaryl/α,β-unsaturated/α-hetero) is 1. The Morgan fingerprint density at radius 1 is 1.08 bits per heavy atom. The summed E-state index contributed by atoms with van der Waals surface area (Å²) >= 11 is 0. The highest BCUT2D eigenvalue weighted by Crippen LogP contribution is 2.16. The number of nitrogens with zero attached hydrogens (tertiary/aromatic N) is 2. The number of rotatable bonds is 4. The van der Waals surface area contributed by atoms with Crippen molar-refractivity contribution in [3.63, 3.8) is 0 Å². The van der Waals surface area contributed by atoms with E-state index in [4.69, 9.17) is 0 Å². The van der Waals surface area contributed by atoms with E-state index in [2.05, 4.69) is 46.2 Å². The van der Waals surface area contributed by atoms with Gasteiger partial charge in [-0.2, -0.15) is 0 Å². The highest BCUT2D eigenvalue weighted by Gasteiger charge is 2.18. The zero-order chi connectivity index (χ0) is 18.1. The van der Waals surface area contributed by atoms with Gasteiger partial charge in [0.25, 0.3) is 0 Å². The average molecular weight is 338 g/mol. The van der Waals surface area contributed by atoms with Crippen molar-refractivity contribution in [2.24, 2.45) is 0 Å². The third kappa shape index (κ3) is 5.71. The third-order valence-corrected chi connectivity index (χ3v) is 4.44. The standard InChI is InChI=1S/C20H24N2O.C2H6/c1-17(23)19-8-6-7-18(15-19)16-21-11-13-22(14-12-21)20-9-4-2-3-5-10-20;1-2/h2,4-10,15H,3,11-14,16H2,1H3;1-2H3. The van der Waals surface area contributed by atoms with Crippen molar-refractivity contribution in [2.45, 2.75) is 33.7 Å². The van der Waals surface area contributed by atoms with Crippen LogP contribution in [0.1, 0.15) is 43.1 Å². The van der Waals surface area contributed by atoms with Gasteiger partial charge in [-0.3, -0.25) is 9.69 Å². The number of allylic oxidation sites excluding steroid dienone is 5. The Bertz CT molecular complexity index is 650. The van der Waals surface area contributed by atoms with E-state index in [0.29, 0.717) is 0 Å². The molecule has 0 bridgehead atoms. The number of piperazine rings is 1. The van der Waals surface area contributed by atoms with Gasteiger partial charge in [0.15, 0.2) is 5.78 Å². The second kappa shape index (κ2) is 10.00. The van der Waals surface area contributed by atoms with Gasteiger partial charge in [0.1, 0.15) is 0 Å². The summed E-state index contributed by atoms with van der Waals surface area (Å²) in [6.45, 7) is 10.8. The maximum Gasteiger partial charge on any atom is 0.159 e. The first-order chi connectivity index (χ1) is 12.2. The Kier molecular flexibility index (Phi) is 7.68. The highest BCUT2D eigenvalue weighted by atomic mass is 16.1. The predicted molar refractivity (Wildman–Crippen MR) is 106 cm³/mol. The molecule has 1 heterocycles. The van der Waals surface area contributed by atoms with Crippen molar-refractivity contribution in [3.8, 4) is 0 Å². The van der Waals surface area contributed by atoms with E-state index in [1.807, 2.05) is 32.0 Å². The molecular formula is C22H30N2O. The van der Waals surface area contributed by atoms with Crippen LogP contribution >= 0.6 is 0 Å². The molecule has 3 rings (SSSR count). The van der Waals surface area contributed by atoms with Crippen LogP contribution in [0.2, 0.25) is 0 Å². The van der Waals surface area contributed by atoms with Gasteiger partial charge in [-0.1, -0.05) is 50.3 Å². The van der Waals surface area contributed by atoms with Crippen LogP contribution < -0.4 is 0 Å². The summed E-state index contributed by atoms with van der Waals surface area (Å²) in [4.78, 5) is 16.4. The summed E-state index contributed by atoms with van der Waals surface area (Å²) in [5.74, 6) is 0.136. The van der Waals surface area contributed by atoms with Gasteiger partial charge < -0.3 is 4.90 Å². The van der Waals surface area contributed by atoms with E-state index in [1.54, 1.807) is 6.92 Å². The average Bonchev–Trinajstić information content (AvgIpc) is 2.94. The molecule has 1 aliphatic heterocycles. The highest BCUT2D eigenvalue weighted by molar-refractivity contribution is 5.94. The van der Waals surface area contributed by atoms with Crippen molar-refractivity contribution < 1.29 is 4.79 Å². The van der Waals surface area contributed by atoms with Crippen LogP contribution in [0.4, 0.5) is 0 Å². The largest absolute Gasteiger partial charge is 0.369 e. The molecule has 0 spiro atoms. The summed E-state index contributed by atoms with van der Waals surface area (Å²) in [5.41, 5.74) is 3.35. The molecule has 1 aliphatic carbocycles. The molecule has 3 heteroatoms. The molecule has 1 aromatic rings. The molecule has 134 valence electrons. The van der Waals surface area contributed by atoms with Crippen molar-refractivity contribution >= 4 is 5.78 Å². The molecule has 0 atom stereocenters. The minimum Gasteiger partial charge on any atom is -0.369 e. The van der Waals surface area contributed by atoms with Crippen LogP contribution in [-0.4, -0.2) is 41.8 Å². The van der Waals surface area contributed by atoms with Crippen LogP contribution in [0.5, 0.6) is 0 Å². The summed E-state index contributed by atoms with van der Waals surface area (Å²) in [5, 5.41) is 0.